The fraction of sp³-hybridized carbons (Fsp3) is 0.312. The number of nitrogens with zero attached hydrogens (tertiary/aromatic N) is 2. The van der Waals surface area contributed by atoms with E-state index in [9.17, 15) is 9.59 Å². The molecule has 2 N–H and O–H groups in total. The van der Waals surface area contributed by atoms with Crippen molar-refractivity contribution in [1.29, 1.82) is 0 Å². The molecule has 208 valence electrons. The first kappa shape index (κ1) is 27.1. The zero-order valence-corrected chi connectivity index (χ0v) is 23.3. The fourth-order valence-corrected chi connectivity index (χ4v) is 5.17. The molecule has 2 aliphatic heterocycles. The van der Waals surface area contributed by atoms with E-state index in [0.29, 0.717) is 41.7 Å². The second-order valence-corrected chi connectivity index (χ2v) is 9.84. The number of amides is 3. The van der Waals surface area contributed by atoms with Crippen molar-refractivity contribution >= 4 is 40.3 Å². The van der Waals surface area contributed by atoms with Gasteiger partial charge in [-0.05, 0) is 69.0 Å². The Bertz CT molecular complexity index is 1400. The van der Waals surface area contributed by atoms with Crippen LogP contribution in [0.25, 0.3) is 11.3 Å². The van der Waals surface area contributed by atoms with Crippen LogP contribution in [0.3, 0.4) is 0 Å². The Balaban J connectivity index is 1.49. The number of nitrogens with one attached hydrogen (secondary N) is 2. The van der Waals surface area contributed by atoms with E-state index in [4.69, 9.17) is 9.47 Å². The summed E-state index contributed by atoms with van der Waals surface area (Å²) in [5.41, 5.74) is 5.09. The van der Waals surface area contributed by atoms with Crippen LogP contribution in [0.2, 0.25) is 0 Å². The first-order chi connectivity index (χ1) is 19.5. The Morgan fingerprint density at radius 1 is 0.925 bits per heavy atom. The molecule has 2 heterocycles. The quantitative estimate of drug-likeness (QED) is 0.321. The number of rotatable bonds is 8. The molecule has 1 saturated heterocycles. The summed E-state index contributed by atoms with van der Waals surface area (Å²) in [6.45, 7) is 6.40. The van der Waals surface area contributed by atoms with E-state index in [1.165, 1.54) is 6.42 Å². The van der Waals surface area contributed by atoms with Gasteiger partial charge in [0.25, 0.3) is 5.91 Å². The van der Waals surface area contributed by atoms with Crippen molar-refractivity contribution in [2.45, 2.75) is 33.1 Å². The molecular weight excluding hydrogens is 504 g/mol. The molecule has 3 aromatic carbocycles. The monoisotopic (exact) mass is 540 g/mol. The minimum Gasteiger partial charge on any atom is -0.490 e. The molecule has 0 aromatic heterocycles. The van der Waals surface area contributed by atoms with Crippen molar-refractivity contribution in [2.75, 3.05) is 48.9 Å². The van der Waals surface area contributed by atoms with E-state index in [-0.39, 0.29) is 11.9 Å². The SMILES string of the molecule is CCOc1cc2c(cc1OCC)C(=C(Nc1ccc(N(C)C(=O)N3CCCCC3)cc1)c1ccccc1)C(=O)N2. The highest BCUT2D eigenvalue weighted by Gasteiger charge is 2.31. The Labute approximate surface area is 235 Å². The van der Waals surface area contributed by atoms with Crippen molar-refractivity contribution in [3.63, 3.8) is 0 Å². The standard InChI is InChI=1S/C32H36N4O4/c1-4-39-27-20-25-26(21-28(27)40-5-2)34-31(37)29(25)30(22-12-8-6-9-13-22)33-23-14-16-24(17-15-23)35(3)32(38)36-18-10-7-11-19-36/h6,8-9,12-17,20-21,33H,4-5,7,10-11,18-19H2,1-3H3,(H,34,37). The topological polar surface area (TPSA) is 83.1 Å². The molecular formula is C32H36N4O4. The molecule has 0 unspecified atom stereocenters. The second-order valence-electron chi connectivity index (χ2n) is 9.84. The second kappa shape index (κ2) is 12.2. The summed E-state index contributed by atoms with van der Waals surface area (Å²) in [4.78, 5) is 30.0. The third-order valence-corrected chi connectivity index (χ3v) is 7.18. The summed E-state index contributed by atoms with van der Waals surface area (Å²) >= 11 is 0. The first-order valence-electron chi connectivity index (χ1n) is 13.9. The van der Waals surface area contributed by atoms with Gasteiger partial charge in [0, 0.05) is 43.1 Å². The van der Waals surface area contributed by atoms with Crippen LogP contribution in [0.5, 0.6) is 11.5 Å². The van der Waals surface area contributed by atoms with Gasteiger partial charge in [-0.1, -0.05) is 30.3 Å². The molecule has 5 rings (SSSR count). The van der Waals surface area contributed by atoms with Gasteiger partial charge in [-0.2, -0.15) is 0 Å². The van der Waals surface area contributed by atoms with E-state index in [1.807, 2.05) is 92.5 Å². The van der Waals surface area contributed by atoms with Crippen LogP contribution in [0.4, 0.5) is 21.9 Å². The van der Waals surface area contributed by atoms with Crippen LogP contribution in [0, 0.1) is 0 Å². The molecule has 0 aliphatic carbocycles. The third kappa shape index (κ3) is 5.61. The molecule has 0 spiro atoms. The van der Waals surface area contributed by atoms with E-state index >= 15 is 0 Å². The van der Waals surface area contributed by atoms with Crippen molar-refractivity contribution in [2.24, 2.45) is 0 Å². The van der Waals surface area contributed by atoms with Gasteiger partial charge in [-0.25, -0.2) is 4.79 Å². The molecule has 0 saturated carbocycles. The first-order valence-corrected chi connectivity index (χ1v) is 13.9. The lowest BCUT2D eigenvalue weighted by molar-refractivity contribution is -0.110. The van der Waals surface area contributed by atoms with Crippen LogP contribution in [0.15, 0.2) is 66.7 Å². The lowest BCUT2D eigenvalue weighted by Gasteiger charge is -2.31. The molecule has 3 aromatic rings. The van der Waals surface area contributed by atoms with Gasteiger partial charge >= 0.3 is 6.03 Å². The Morgan fingerprint density at radius 2 is 1.57 bits per heavy atom. The van der Waals surface area contributed by atoms with Crippen molar-refractivity contribution in [1.82, 2.24) is 4.90 Å². The van der Waals surface area contributed by atoms with Gasteiger partial charge in [0.1, 0.15) is 0 Å². The van der Waals surface area contributed by atoms with Crippen molar-refractivity contribution in [3.8, 4) is 11.5 Å². The van der Waals surface area contributed by atoms with Crippen LogP contribution in [0.1, 0.15) is 44.2 Å². The minimum atomic E-state index is -0.207. The molecule has 0 atom stereocenters. The number of urea groups is 1. The average molecular weight is 541 g/mol. The van der Waals surface area contributed by atoms with Crippen molar-refractivity contribution in [3.05, 3.63) is 77.9 Å². The molecule has 1 fully saturated rings. The number of benzene rings is 3. The molecule has 0 bridgehead atoms. The average Bonchev–Trinajstić information content (AvgIpc) is 3.31. The summed E-state index contributed by atoms with van der Waals surface area (Å²) in [5, 5.41) is 6.49. The largest absolute Gasteiger partial charge is 0.490 e. The van der Waals surface area contributed by atoms with Gasteiger partial charge in [0.05, 0.1) is 30.2 Å². The van der Waals surface area contributed by atoms with E-state index < -0.39 is 0 Å². The lowest BCUT2D eigenvalue weighted by atomic mass is 9.99. The van der Waals surface area contributed by atoms with Crippen LogP contribution in [-0.4, -0.2) is 50.2 Å². The Morgan fingerprint density at radius 3 is 2.23 bits per heavy atom. The highest BCUT2D eigenvalue weighted by atomic mass is 16.5. The summed E-state index contributed by atoms with van der Waals surface area (Å²) in [6.07, 6.45) is 3.28. The fourth-order valence-electron chi connectivity index (χ4n) is 5.17. The molecule has 0 radical (unpaired) electrons. The predicted molar refractivity (Wildman–Crippen MR) is 160 cm³/mol. The molecule has 2 aliphatic rings. The number of anilines is 3. The zero-order chi connectivity index (χ0) is 28.1. The number of carbonyl (C=O) groups excluding carboxylic acids is 2. The summed E-state index contributed by atoms with van der Waals surface area (Å²) in [5.74, 6) is 0.980. The third-order valence-electron chi connectivity index (χ3n) is 7.18. The van der Waals surface area contributed by atoms with E-state index in [2.05, 4.69) is 10.6 Å². The highest BCUT2D eigenvalue weighted by molar-refractivity contribution is 6.37. The van der Waals surface area contributed by atoms with Crippen LogP contribution >= 0.6 is 0 Å². The van der Waals surface area contributed by atoms with Gasteiger partial charge in [0.15, 0.2) is 11.5 Å². The number of ether oxygens (including phenoxy) is 2. The van der Waals surface area contributed by atoms with Crippen LogP contribution in [-0.2, 0) is 4.79 Å². The lowest BCUT2D eigenvalue weighted by Crippen LogP contribution is -2.43. The van der Waals surface area contributed by atoms with E-state index in [0.717, 1.165) is 48.4 Å². The number of piperidine rings is 1. The summed E-state index contributed by atoms with van der Waals surface area (Å²) < 4.78 is 11.6. The number of hydrogen-bond acceptors (Lipinski definition) is 5. The Hall–Kier alpha value is -4.46. The minimum absolute atomic E-state index is 0.0169. The zero-order valence-electron chi connectivity index (χ0n) is 23.3. The predicted octanol–water partition coefficient (Wildman–Crippen LogP) is 6.46. The summed E-state index contributed by atoms with van der Waals surface area (Å²) in [7, 11) is 1.81. The smallest absolute Gasteiger partial charge is 0.324 e. The van der Waals surface area contributed by atoms with Crippen LogP contribution < -0.4 is 25.0 Å². The van der Waals surface area contributed by atoms with E-state index in [1.54, 1.807) is 4.90 Å². The maximum Gasteiger partial charge on any atom is 0.324 e. The Kier molecular flexibility index (Phi) is 8.24. The highest BCUT2D eigenvalue weighted by Crippen LogP contribution is 2.43. The van der Waals surface area contributed by atoms with Gasteiger partial charge < -0.3 is 25.0 Å². The number of hydrogen-bond donors (Lipinski definition) is 2. The number of fused-ring (bicyclic) bond motifs is 1. The maximum absolute atomic E-state index is 13.4. The number of carbonyl (C=O) groups is 2. The molecule has 8 heteroatoms. The van der Waals surface area contributed by atoms with Gasteiger partial charge in [0.2, 0.25) is 0 Å². The molecule has 40 heavy (non-hydrogen) atoms. The van der Waals surface area contributed by atoms with Crippen molar-refractivity contribution < 1.29 is 19.1 Å². The molecule has 3 amide bonds. The maximum atomic E-state index is 13.4. The van der Waals surface area contributed by atoms with Gasteiger partial charge in [-0.15, -0.1) is 0 Å². The summed E-state index contributed by atoms with van der Waals surface area (Å²) in [6, 6.07) is 21.2. The number of likely N-dealkylation sites (tertiary alicyclic amines) is 1. The van der Waals surface area contributed by atoms with Gasteiger partial charge in [-0.3, -0.25) is 9.69 Å². The molecule has 8 nitrogen and oxygen atoms in total. The normalized spacial score (nSPS) is 15.7.